The van der Waals surface area contributed by atoms with E-state index >= 15 is 0 Å². The Morgan fingerprint density at radius 2 is 1.70 bits per heavy atom. The number of hydrogen-bond acceptors (Lipinski definition) is 2. The van der Waals surface area contributed by atoms with Crippen molar-refractivity contribution in [3.8, 4) is 0 Å². The second kappa shape index (κ2) is 6.62. The summed E-state index contributed by atoms with van der Waals surface area (Å²) in [6.07, 6.45) is 13.1. The summed E-state index contributed by atoms with van der Waals surface area (Å²) in [5.74, 6) is 5.38. The fourth-order valence-corrected chi connectivity index (χ4v) is 8.81. The first-order valence-corrected chi connectivity index (χ1v) is 11.4. The van der Waals surface area contributed by atoms with Gasteiger partial charge in [0.05, 0.1) is 6.10 Å². The molecule has 0 spiro atoms. The average Bonchev–Trinajstić information content (AvgIpc) is 2.94. The molecule has 2 unspecified atom stereocenters. The molecule has 1 N–H and O–H groups in total. The normalized spacial score (nSPS) is 51.6. The van der Waals surface area contributed by atoms with Gasteiger partial charge in [-0.3, -0.25) is 0 Å². The van der Waals surface area contributed by atoms with Crippen LogP contribution >= 0.6 is 0 Å². The van der Waals surface area contributed by atoms with E-state index in [2.05, 4.69) is 39.5 Å². The summed E-state index contributed by atoms with van der Waals surface area (Å²) >= 11 is 0. The molecule has 4 rings (SSSR count). The zero-order valence-corrected chi connectivity index (χ0v) is 17.8. The molecule has 2 heteroatoms. The van der Waals surface area contributed by atoms with Crippen LogP contribution in [0.4, 0.5) is 0 Å². The van der Waals surface area contributed by atoms with Crippen LogP contribution in [0.15, 0.2) is 11.8 Å². The van der Waals surface area contributed by atoms with Gasteiger partial charge in [-0.15, -0.1) is 0 Å². The lowest BCUT2D eigenvalue weighted by Gasteiger charge is -2.65. The summed E-state index contributed by atoms with van der Waals surface area (Å²) in [6.45, 7) is 9.63. The Labute approximate surface area is 165 Å². The van der Waals surface area contributed by atoms with Crippen molar-refractivity contribution in [2.24, 2.45) is 45.8 Å². The standard InChI is InChI=1S/C25H38O2/c1-17(2)25(14-6-16-26)13-5-12-23(3)20-11-15-24(4)19(8-10-22(24)27)18(20)7-9-21(23)25/h14,17-22,27H,5,7-13,15H2,1-4H3/t18-,19-,20-,21?,22-,23+,24-,25?/m0/s1. The minimum atomic E-state index is -0.0873. The van der Waals surface area contributed by atoms with Crippen molar-refractivity contribution in [1.29, 1.82) is 0 Å². The molecule has 0 aliphatic heterocycles. The van der Waals surface area contributed by atoms with Gasteiger partial charge in [-0.25, -0.2) is 4.79 Å². The lowest BCUT2D eigenvalue weighted by atomic mass is 9.40. The van der Waals surface area contributed by atoms with E-state index in [-0.39, 0.29) is 16.9 Å². The van der Waals surface area contributed by atoms with E-state index in [0.717, 1.165) is 18.3 Å². The second-order valence-corrected chi connectivity index (χ2v) is 11.2. The number of rotatable bonds is 2. The Morgan fingerprint density at radius 1 is 0.963 bits per heavy atom. The highest BCUT2D eigenvalue weighted by atomic mass is 16.3. The largest absolute Gasteiger partial charge is 0.393 e. The van der Waals surface area contributed by atoms with Crippen LogP contribution in [-0.2, 0) is 4.79 Å². The molecule has 4 saturated carbocycles. The average molecular weight is 371 g/mol. The Morgan fingerprint density at radius 3 is 2.41 bits per heavy atom. The van der Waals surface area contributed by atoms with Gasteiger partial charge in [0.1, 0.15) is 0 Å². The predicted molar refractivity (Wildman–Crippen MR) is 109 cm³/mol. The van der Waals surface area contributed by atoms with E-state index < -0.39 is 0 Å². The molecule has 4 aliphatic carbocycles. The molecule has 0 radical (unpaired) electrons. The van der Waals surface area contributed by atoms with Crippen LogP contribution in [0.25, 0.3) is 0 Å². The highest BCUT2D eigenvalue weighted by molar-refractivity contribution is 5.44. The molecule has 4 fully saturated rings. The molecule has 0 amide bonds. The third-order valence-corrected chi connectivity index (χ3v) is 10.3. The van der Waals surface area contributed by atoms with E-state index in [1.807, 2.05) is 5.94 Å². The smallest absolute Gasteiger partial charge is 0.176 e. The molecular formula is C25H38O2. The maximum absolute atomic E-state index is 11.0. The van der Waals surface area contributed by atoms with Crippen molar-refractivity contribution in [2.45, 2.75) is 91.6 Å². The van der Waals surface area contributed by atoms with Gasteiger partial charge in [-0.05, 0) is 104 Å². The predicted octanol–water partition coefficient (Wildman–Crippen LogP) is 5.58. The first kappa shape index (κ1) is 19.5. The summed E-state index contributed by atoms with van der Waals surface area (Å²) in [6, 6.07) is 0. The highest BCUT2D eigenvalue weighted by Crippen LogP contribution is 2.69. The third kappa shape index (κ3) is 2.60. The molecule has 2 nitrogen and oxygen atoms in total. The van der Waals surface area contributed by atoms with E-state index in [1.165, 1.54) is 51.4 Å². The number of hydrogen-bond donors (Lipinski definition) is 1. The topological polar surface area (TPSA) is 37.3 Å². The van der Waals surface area contributed by atoms with Crippen LogP contribution in [0.1, 0.15) is 85.5 Å². The van der Waals surface area contributed by atoms with Crippen LogP contribution in [0.3, 0.4) is 0 Å². The lowest BCUT2D eigenvalue weighted by Crippen LogP contribution is -2.58. The Bertz CT molecular complexity index is 670. The Kier molecular flexibility index (Phi) is 4.78. The molecule has 0 saturated heterocycles. The van der Waals surface area contributed by atoms with Gasteiger partial charge in [-0.2, -0.15) is 0 Å². The van der Waals surface area contributed by atoms with Crippen LogP contribution in [-0.4, -0.2) is 17.2 Å². The summed E-state index contributed by atoms with van der Waals surface area (Å²) in [5, 5.41) is 10.7. The number of fused-ring (bicyclic) bond motifs is 5. The molecule has 0 aromatic carbocycles. The SMILES string of the molecule is CC(C)C1(C=C=C=O)CCC[C@@]2(C)C1CC[C@H]1[C@@H]3CC[C@H](O)[C@@]3(C)CC[C@@H]12. The lowest BCUT2D eigenvalue weighted by molar-refractivity contribution is -0.156. The Balaban J connectivity index is 1.71. The van der Waals surface area contributed by atoms with Crippen molar-refractivity contribution in [1.82, 2.24) is 0 Å². The number of aliphatic hydroxyl groups excluding tert-OH is 1. The molecule has 4 aliphatic rings. The quantitative estimate of drug-likeness (QED) is 0.509. The summed E-state index contributed by atoms with van der Waals surface area (Å²) in [4.78, 5) is 11.0. The number of allylic oxidation sites excluding steroid dienone is 1. The van der Waals surface area contributed by atoms with Crippen LogP contribution in [0.2, 0.25) is 0 Å². The summed E-state index contributed by atoms with van der Waals surface area (Å²) in [7, 11) is 0. The zero-order chi connectivity index (χ0) is 19.4. The van der Waals surface area contributed by atoms with E-state index in [1.54, 1.807) is 0 Å². The van der Waals surface area contributed by atoms with Crippen molar-refractivity contribution in [3.05, 3.63) is 11.8 Å². The summed E-state index contributed by atoms with van der Waals surface area (Å²) in [5.41, 5.74) is 3.47. The fourth-order valence-electron chi connectivity index (χ4n) is 8.81. The first-order valence-electron chi connectivity index (χ1n) is 11.4. The number of carbonyl (C=O) groups excluding carboxylic acids is 1. The van der Waals surface area contributed by atoms with Gasteiger partial charge < -0.3 is 5.11 Å². The van der Waals surface area contributed by atoms with Crippen molar-refractivity contribution in [3.63, 3.8) is 0 Å². The van der Waals surface area contributed by atoms with Crippen molar-refractivity contribution in [2.75, 3.05) is 0 Å². The molecule has 0 bridgehead atoms. The van der Waals surface area contributed by atoms with Gasteiger partial charge in [0.15, 0.2) is 5.94 Å². The van der Waals surface area contributed by atoms with Gasteiger partial charge in [0.2, 0.25) is 0 Å². The van der Waals surface area contributed by atoms with Gasteiger partial charge >= 0.3 is 0 Å². The summed E-state index contributed by atoms with van der Waals surface area (Å²) < 4.78 is 0. The van der Waals surface area contributed by atoms with Crippen molar-refractivity contribution >= 4 is 5.94 Å². The third-order valence-electron chi connectivity index (χ3n) is 10.3. The van der Waals surface area contributed by atoms with E-state index in [9.17, 15) is 9.90 Å². The Hall–Kier alpha value is -0.810. The van der Waals surface area contributed by atoms with Crippen molar-refractivity contribution < 1.29 is 9.90 Å². The van der Waals surface area contributed by atoms with Gasteiger partial charge in [0, 0.05) is 5.41 Å². The first-order chi connectivity index (χ1) is 12.8. The van der Waals surface area contributed by atoms with E-state index in [4.69, 9.17) is 0 Å². The van der Waals surface area contributed by atoms with Gasteiger partial charge in [-0.1, -0.05) is 34.1 Å². The van der Waals surface area contributed by atoms with Crippen LogP contribution in [0, 0.1) is 45.8 Å². The highest BCUT2D eigenvalue weighted by Gasteiger charge is 2.63. The maximum atomic E-state index is 11.0. The molecule has 27 heavy (non-hydrogen) atoms. The van der Waals surface area contributed by atoms with Crippen LogP contribution in [0.5, 0.6) is 0 Å². The fraction of sp³-hybridized carbons (Fsp3) is 0.880. The molecular weight excluding hydrogens is 332 g/mol. The molecule has 0 heterocycles. The molecule has 0 aromatic rings. The minimum absolute atomic E-state index is 0.0873. The monoisotopic (exact) mass is 370 g/mol. The maximum Gasteiger partial charge on any atom is 0.176 e. The zero-order valence-electron chi connectivity index (χ0n) is 17.8. The van der Waals surface area contributed by atoms with Crippen LogP contribution < -0.4 is 0 Å². The number of aliphatic hydroxyl groups is 1. The molecule has 0 aromatic heterocycles. The van der Waals surface area contributed by atoms with E-state index in [0.29, 0.717) is 23.2 Å². The second-order valence-electron chi connectivity index (χ2n) is 11.2. The molecule has 150 valence electrons. The van der Waals surface area contributed by atoms with Gasteiger partial charge in [0.25, 0.3) is 0 Å². The molecule has 8 atom stereocenters. The minimum Gasteiger partial charge on any atom is -0.393 e.